The van der Waals surface area contributed by atoms with Gasteiger partial charge in [-0.25, -0.2) is 9.78 Å². The molecule has 0 saturated carbocycles. The van der Waals surface area contributed by atoms with Gasteiger partial charge in [0.15, 0.2) is 0 Å². The Morgan fingerprint density at radius 2 is 2.32 bits per heavy atom. The molecule has 0 radical (unpaired) electrons. The number of imidazole rings is 1. The minimum absolute atomic E-state index is 0.0846. The SMILES string of the molecule is O=C(O)c1cccc(OCC(O)Cn2ccnc2)c1. The number of nitrogens with zero attached hydrogens (tertiary/aromatic N) is 2. The molecular formula is C13H14N2O4. The second-order valence-electron chi connectivity index (χ2n) is 4.06. The maximum atomic E-state index is 10.8. The Hall–Kier alpha value is -2.34. The smallest absolute Gasteiger partial charge is 0.335 e. The van der Waals surface area contributed by atoms with Crippen molar-refractivity contribution in [2.75, 3.05) is 6.61 Å². The van der Waals surface area contributed by atoms with Crippen molar-refractivity contribution in [2.45, 2.75) is 12.6 Å². The molecule has 1 unspecified atom stereocenters. The predicted octanol–water partition coefficient (Wildman–Crippen LogP) is 1.02. The number of hydrogen-bond acceptors (Lipinski definition) is 4. The van der Waals surface area contributed by atoms with E-state index >= 15 is 0 Å². The number of aliphatic hydroxyl groups is 1. The highest BCUT2D eigenvalue weighted by Gasteiger charge is 2.08. The Morgan fingerprint density at radius 3 is 3.00 bits per heavy atom. The molecule has 0 aliphatic rings. The van der Waals surface area contributed by atoms with E-state index in [1.54, 1.807) is 35.4 Å². The van der Waals surface area contributed by atoms with Crippen LogP contribution in [0.15, 0.2) is 43.0 Å². The molecule has 1 aromatic heterocycles. The molecule has 0 bridgehead atoms. The fraction of sp³-hybridized carbons (Fsp3) is 0.231. The minimum Gasteiger partial charge on any atom is -0.491 e. The summed E-state index contributed by atoms with van der Waals surface area (Å²) in [5.74, 6) is -0.589. The van der Waals surface area contributed by atoms with Crippen molar-refractivity contribution in [3.8, 4) is 5.75 Å². The summed E-state index contributed by atoms with van der Waals surface area (Å²) in [4.78, 5) is 14.7. The molecule has 0 amide bonds. The number of benzene rings is 1. The van der Waals surface area contributed by atoms with Crippen molar-refractivity contribution < 1.29 is 19.7 Å². The zero-order chi connectivity index (χ0) is 13.7. The molecule has 1 aromatic carbocycles. The molecule has 0 saturated heterocycles. The first-order valence-electron chi connectivity index (χ1n) is 5.75. The van der Waals surface area contributed by atoms with Gasteiger partial charge in [-0.05, 0) is 18.2 Å². The van der Waals surface area contributed by atoms with Crippen LogP contribution in [-0.2, 0) is 6.54 Å². The average molecular weight is 262 g/mol. The number of carboxylic acids is 1. The van der Waals surface area contributed by atoms with Gasteiger partial charge in [0, 0.05) is 12.4 Å². The zero-order valence-electron chi connectivity index (χ0n) is 10.1. The molecule has 6 nitrogen and oxygen atoms in total. The topological polar surface area (TPSA) is 84.6 Å². The number of rotatable bonds is 6. The Labute approximate surface area is 109 Å². The summed E-state index contributed by atoms with van der Waals surface area (Å²) in [6, 6.07) is 6.15. The third-order valence-electron chi connectivity index (χ3n) is 2.50. The number of hydrogen-bond donors (Lipinski definition) is 2. The Morgan fingerprint density at radius 1 is 1.47 bits per heavy atom. The molecule has 1 heterocycles. The molecule has 2 rings (SSSR count). The van der Waals surface area contributed by atoms with Crippen molar-refractivity contribution in [3.63, 3.8) is 0 Å². The highest BCUT2D eigenvalue weighted by atomic mass is 16.5. The van der Waals surface area contributed by atoms with Crippen molar-refractivity contribution in [1.29, 1.82) is 0 Å². The molecule has 2 N–H and O–H groups in total. The van der Waals surface area contributed by atoms with Crippen molar-refractivity contribution in [1.82, 2.24) is 9.55 Å². The third-order valence-corrected chi connectivity index (χ3v) is 2.50. The van der Waals surface area contributed by atoms with E-state index in [0.29, 0.717) is 12.3 Å². The van der Waals surface area contributed by atoms with Crippen molar-refractivity contribution in [2.24, 2.45) is 0 Å². The van der Waals surface area contributed by atoms with Crippen LogP contribution >= 0.6 is 0 Å². The summed E-state index contributed by atoms with van der Waals surface area (Å²) < 4.78 is 7.10. The average Bonchev–Trinajstić information content (AvgIpc) is 2.89. The predicted molar refractivity (Wildman–Crippen MR) is 67.1 cm³/mol. The molecule has 0 aliphatic heterocycles. The molecule has 6 heteroatoms. The second-order valence-corrected chi connectivity index (χ2v) is 4.06. The number of carboxylic acid groups (broad SMARTS) is 1. The normalized spacial score (nSPS) is 12.1. The first kappa shape index (κ1) is 13.1. The van der Waals surface area contributed by atoms with Crippen molar-refractivity contribution >= 4 is 5.97 Å². The van der Waals surface area contributed by atoms with E-state index in [9.17, 15) is 9.90 Å². The van der Waals surface area contributed by atoms with Gasteiger partial charge in [0.1, 0.15) is 18.5 Å². The number of carbonyl (C=O) groups is 1. The summed E-state index contributed by atoms with van der Waals surface area (Å²) in [5.41, 5.74) is 0.154. The van der Waals surface area contributed by atoms with Crippen LogP contribution in [0.25, 0.3) is 0 Å². The summed E-state index contributed by atoms with van der Waals surface area (Å²) in [7, 11) is 0. The number of aromatic carboxylic acids is 1. The molecule has 1 atom stereocenters. The highest BCUT2D eigenvalue weighted by Crippen LogP contribution is 2.13. The van der Waals surface area contributed by atoms with Crippen LogP contribution in [0.3, 0.4) is 0 Å². The Kier molecular flexibility index (Phi) is 4.15. The zero-order valence-corrected chi connectivity index (χ0v) is 10.1. The van der Waals surface area contributed by atoms with Gasteiger partial charge >= 0.3 is 5.97 Å². The summed E-state index contributed by atoms with van der Waals surface area (Å²) in [6.45, 7) is 0.458. The van der Waals surface area contributed by atoms with Gasteiger partial charge in [-0.15, -0.1) is 0 Å². The lowest BCUT2D eigenvalue weighted by Crippen LogP contribution is -2.23. The van der Waals surface area contributed by atoms with Crippen LogP contribution in [0, 0.1) is 0 Å². The van der Waals surface area contributed by atoms with Gasteiger partial charge in [0.2, 0.25) is 0 Å². The molecule has 0 aliphatic carbocycles. The van der Waals surface area contributed by atoms with E-state index in [2.05, 4.69) is 4.98 Å². The lowest BCUT2D eigenvalue weighted by atomic mass is 10.2. The lowest BCUT2D eigenvalue weighted by molar-refractivity contribution is 0.0695. The van der Waals surface area contributed by atoms with E-state index in [1.807, 2.05) is 0 Å². The maximum Gasteiger partial charge on any atom is 0.335 e. The first-order valence-corrected chi connectivity index (χ1v) is 5.75. The largest absolute Gasteiger partial charge is 0.491 e. The third kappa shape index (κ3) is 3.82. The van der Waals surface area contributed by atoms with E-state index in [-0.39, 0.29) is 12.2 Å². The molecule has 2 aromatic rings. The fourth-order valence-electron chi connectivity index (χ4n) is 1.60. The number of aliphatic hydroxyl groups excluding tert-OH is 1. The van der Waals surface area contributed by atoms with E-state index in [0.717, 1.165) is 0 Å². The van der Waals surface area contributed by atoms with E-state index in [4.69, 9.17) is 9.84 Å². The quantitative estimate of drug-likeness (QED) is 0.812. The molecule has 0 fully saturated rings. The lowest BCUT2D eigenvalue weighted by Gasteiger charge is -2.13. The standard InChI is InChI=1S/C13H14N2O4/c16-11(7-15-5-4-14-9-15)8-19-12-3-1-2-10(6-12)13(17)18/h1-6,9,11,16H,7-8H2,(H,17,18). The van der Waals surface area contributed by atoms with Crippen LogP contribution < -0.4 is 4.74 Å². The van der Waals surface area contributed by atoms with Gasteiger partial charge in [-0.1, -0.05) is 6.07 Å². The van der Waals surface area contributed by atoms with Crippen LogP contribution in [0.4, 0.5) is 0 Å². The Balaban J connectivity index is 1.88. The van der Waals surface area contributed by atoms with Crippen molar-refractivity contribution in [3.05, 3.63) is 48.5 Å². The first-order chi connectivity index (χ1) is 9.15. The molecule has 0 spiro atoms. The Bertz CT molecular complexity index is 539. The summed E-state index contributed by atoms with van der Waals surface area (Å²) >= 11 is 0. The summed E-state index contributed by atoms with van der Waals surface area (Å²) in [5, 5.41) is 18.6. The fourth-order valence-corrected chi connectivity index (χ4v) is 1.60. The van der Waals surface area contributed by atoms with Crippen LogP contribution in [0.5, 0.6) is 5.75 Å². The van der Waals surface area contributed by atoms with Crippen LogP contribution in [-0.4, -0.2) is 38.4 Å². The monoisotopic (exact) mass is 262 g/mol. The van der Waals surface area contributed by atoms with Crippen LogP contribution in [0.2, 0.25) is 0 Å². The molecular weight excluding hydrogens is 248 g/mol. The minimum atomic E-state index is -1.01. The summed E-state index contributed by atoms with van der Waals surface area (Å²) in [6.07, 6.45) is 4.29. The second kappa shape index (κ2) is 6.01. The van der Waals surface area contributed by atoms with Gasteiger partial charge in [-0.3, -0.25) is 0 Å². The highest BCUT2D eigenvalue weighted by molar-refractivity contribution is 5.87. The van der Waals surface area contributed by atoms with E-state index in [1.165, 1.54) is 12.1 Å². The van der Waals surface area contributed by atoms with Gasteiger partial charge in [-0.2, -0.15) is 0 Å². The molecule has 19 heavy (non-hydrogen) atoms. The van der Waals surface area contributed by atoms with Gasteiger partial charge < -0.3 is 19.5 Å². The molecule has 100 valence electrons. The van der Waals surface area contributed by atoms with Gasteiger partial charge in [0.05, 0.1) is 18.4 Å². The van der Waals surface area contributed by atoms with E-state index < -0.39 is 12.1 Å². The number of ether oxygens (including phenoxy) is 1. The van der Waals surface area contributed by atoms with Crippen LogP contribution in [0.1, 0.15) is 10.4 Å². The maximum absolute atomic E-state index is 10.8. The van der Waals surface area contributed by atoms with Gasteiger partial charge in [0.25, 0.3) is 0 Å². The number of aromatic nitrogens is 2.